The molecule has 1 saturated heterocycles. The summed E-state index contributed by atoms with van der Waals surface area (Å²) in [4.78, 5) is 23.1. The molecule has 8 nitrogen and oxygen atoms in total. The van der Waals surface area contributed by atoms with Crippen LogP contribution >= 0.6 is 11.3 Å². The van der Waals surface area contributed by atoms with Gasteiger partial charge in [0.2, 0.25) is 21.9 Å². The van der Waals surface area contributed by atoms with Gasteiger partial charge in [-0.3, -0.25) is 4.79 Å². The molecule has 0 radical (unpaired) electrons. The second-order valence-corrected chi connectivity index (χ2v) is 8.98. The predicted molar refractivity (Wildman–Crippen MR) is 101 cm³/mol. The molecule has 10 heteroatoms. The molecule has 2 aromatic rings. The predicted octanol–water partition coefficient (Wildman–Crippen LogP) is 0.349. The number of sulfonamides is 1. The van der Waals surface area contributed by atoms with Crippen LogP contribution in [0.5, 0.6) is 0 Å². The highest BCUT2D eigenvalue weighted by Gasteiger charge is 2.27. The molecule has 0 bridgehead atoms. The van der Waals surface area contributed by atoms with E-state index in [0.29, 0.717) is 32.1 Å². The summed E-state index contributed by atoms with van der Waals surface area (Å²) >= 11 is 1.51. The van der Waals surface area contributed by atoms with E-state index >= 15 is 0 Å². The number of aromatic nitrogens is 2. The van der Waals surface area contributed by atoms with E-state index in [-0.39, 0.29) is 24.6 Å². The van der Waals surface area contributed by atoms with Gasteiger partial charge in [0.05, 0.1) is 12.2 Å². The van der Waals surface area contributed by atoms with Crippen LogP contribution in [-0.4, -0.2) is 67.1 Å². The summed E-state index contributed by atoms with van der Waals surface area (Å²) in [5.74, 6) is 0.365. The molecule has 0 spiro atoms. The molecule has 3 heterocycles. The minimum absolute atomic E-state index is 0.0922. The molecule has 0 aliphatic carbocycles. The summed E-state index contributed by atoms with van der Waals surface area (Å²) in [6.45, 7) is 2.00. The Balaban J connectivity index is 1.43. The van der Waals surface area contributed by atoms with Gasteiger partial charge in [0, 0.05) is 50.0 Å². The lowest BCUT2D eigenvalue weighted by Crippen LogP contribution is -2.50. The lowest BCUT2D eigenvalue weighted by Gasteiger charge is -2.33. The number of rotatable bonds is 7. The first kappa shape index (κ1) is 18.7. The van der Waals surface area contributed by atoms with Gasteiger partial charge in [-0.25, -0.2) is 18.4 Å². The first-order valence-electron chi connectivity index (χ1n) is 8.33. The summed E-state index contributed by atoms with van der Waals surface area (Å²) in [5, 5.41) is 4.59. The number of hydrogen-bond acceptors (Lipinski definition) is 7. The molecule has 0 unspecified atom stereocenters. The van der Waals surface area contributed by atoms with Crippen LogP contribution in [0.1, 0.15) is 4.88 Å². The van der Waals surface area contributed by atoms with Crippen molar-refractivity contribution in [1.29, 1.82) is 0 Å². The van der Waals surface area contributed by atoms with Crippen LogP contribution in [0.2, 0.25) is 0 Å². The van der Waals surface area contributed by atoms with Crippen molar-refractivity contribution in [3.05, 3.63) is 40.8 Å². The maximum absolute atomic E-state index is 12.5. The third-order valence-electron chi connectivity index (χ3n) is 4.06. The lowest BCUT2D eigenvalue weighted by atomic mass is 10.3. The maximum atomic E-state index is 12.5. The van der Waals surface area contributed by atoms with Crippen molar-refractivity contribution in [3.63, 3.8) is 0 Å². The zero-order chi connectivity index (χ0) is 18.4. The second-order valence-electron chi connectivity index (χ2n) is 5.86. The molecule has 1 fully saturated rings. The van der Waals surface area contributed by atoms with Gasteiger partial charge in [-0.1, -0.05) is 6.07 Å². The van der Waals surface area contributed by atoms with Gasteiger partial charge < -0.3 is 10.2 Å². The summed E-state index contributed by atoms with van der Waals surface area (Å²) in [7, 11) is -3.39. The number of nitrogens with zero attached hydrogens (tertiary/aromatic N) is 4. The molecule has 0 atom stereocenters. The highest BCUT2D eigenvalue weighted by Crippen LogP contribution is 2.13. The van der Waals surface area contributed by atoms with Crippen LogP contribution in [0.3, 0.4) is 0 Å². The molecular formula is C16H21N5O3S2. The van der Waals surface area contributed by atoms with Crippen molar-refractivity contribution < 1.29 is 13.2 Å². The van der Waals surface area contributed by atoms with Gasteiger partial charge >= 0.3 is 0 Å². The van der Waals surface area contributed by atoms with Crippen LogP contribution in [0.15, 0.2) is 36.0 Å². The molecule has 1 N–H and O–H groups in total. The summed E-state index contributed by atoms with van der Waals surface area (Å²) in [5.41, 5.74) is 0. The fourth-order valence-electron chi connectivity index (χ4n) is 2.70. The van der Waals surface area contributed by atoms with Crippen molar-refractivity contribution in [2.45, 2.75) is 6.42 Å². The molecule has 2 aromatic heterocycles. The number of carbonyl (C=O) groups is 1. The number of amides is 1. The Bertz CT molecular complexity index is 804. The molecular weight excluding hydrogens is 374 g/mol. The standard InChI is InChI=1S/C16H21N5O3S2/c22-15(13-14-3-1-11-25-14)17-6-12-26(23,24)21-9-7-20(8-10-21)16-18-4-2-5-19-16/h1-5,11H,6-10,12-13H2,(H,17,22). The first-order chi connectivity index (χ1) is 12.5. The van der Waals surface area contributed by atoms with E-state index in [1.165, 1.54) is 15.6 Å². The zero-order valence-electron chi connectivity index (χ0n) is 14.2. The molecule has 1 amide bonds. The van der Waals surface area contributed by atoms with Gasteiger partial charge in [0.1, 0.15) is 0 Å². The van der Waals surface area contributed by atoms with E-state index in [1.54, 1.807) is 18.5 Å². The number of piperazine rings is 1. The van der Waals surface area contributed by atoms with Gasteiger partial charge in [-0.2, -0.15) is 4.31 Å². The largest absolute Gasteiger partial charge is 0.355 e. The summed E-state index contributed by atoms with van der Waals surface area (Å²) in [6.07, 6.45) is 3.63. The Morgan fingerprint density at radius 3 is 2.54 bits per heavy atom. The minimum Gasteiger partial charge on any atom is -0.355 e. The van der Waals surface area contributed by atoms with Crippen molar-refractivity contribution >= 4 is 33.2 Å². The van der Waals surface area contributed by atoms with E-state index in [9.17, 15) is 13.2 Å². The third kappa shape index (κ3) is 4.99. The van der Waals surface area contributed by atoms with Crippen LogP contribution in [0.4, 0.5) is 5.95 Å². The zero-order valence-corrected chi connectivity index (χ0v) is 15.9. The number of nitrogens with one attached hydrogen (secondary N) is 1. The topological polar surface area (TPSA) is 95.5 Å². The molecule has 0 saturated carbocycles. The Morgan fingerprint density at radius 2 is 1.88 bits per heavy atom. The third-order valence-corrected chi connectivity index (χ3v) is 6.81. The first-order valence-corrected chi connectivity index (χ1v) is 10.8. The SMILES string of the molecule is O=C(Cc1cccs1)NCCS(=O)(=O)N1CCN(c2ncccn2)CC1. The van der Waals surface area contributed by atoms with Crippen molar-refractivity contribution in [2.75, 3.05) is 43.4 Å². The van der Waals surface area contributed by atoms with Gasteiger partial charge in [-0.05, 0) is 17.5 Å². The number of thiophene rings is 1. The molecule has 140 valence electrons. The van der Waals surface area contributed by atoms with Gasteiger partial charge in [-0.15, -0.1) is 11.3 Å². The van der Waals surface area contributed by atoms with Gasteiger partial charge in [0.15, 0.2) is 0 Å². The van der Waals surface area contributed by atoms with Crippen LogP contribution in [0.25, 0.3) is 0 Å². The Kier molecular flexibility index (Phi) is 6.17. The van der Waals surface area contributed by atoms with E-state index < -0.39 is 10.0 Å². The summed E-state index contributed by atoms with van der Waals surface area (Å²) in [6, 6.07) is 5.52. The van der Waals surface area contributed by atoms with Crippen LogP contribution in [0, 0.1) is 0 Å². The van der Waals surface area contributed by atoms with Crippen molar-refractivity contribution in [3.8, 4) is 0 Å². The van der Waals surface area contributed by atoms with Crippen molar-refractivity contribution in [1.82, 2.24) is 19.6 Å². The van der Waals surface area contributed by atoms with Crippen molar-refractivity contribution in [2.24, 2.45) is 0 Å². The normalized spacial score (nSPS) is 15.8. The summed E-state index contributed by atoms with van der Waals surface area (Å²) < 4.78 is 26.4. The highest BCUT2D eigenvalue weighted by atomic mass is 32.2. The molecule has 0 aromatic carbocycles. The van der Waals surface area contributed by atoms with Crippen LogP contribution in [-0.2, 0) is 21.2 Å². The molecule has 1 aliphatic rings. The van der Waals surface area contributed by atoms with E-state index in [4.69, 9.17) is 0 Å². The average molecular weight is 396 g/mol. The van der Waals surface area contributed by atoms with Crippen LogP contribution < -0.4 is 10.2 Å². The number of carbonyl (C=O) groups excluding carboxylic acids is 1. The fourth-order valence-corrected chi connectivity index (χ4v) is 4.74. The quantitative estimate of drug-likeness (QED) is 0.727. The monoisotopic (exact) mass is 395 g/mol. The van der Waals surface area contributed by atoms with E-state index in [0.717, 1.165) is 4.88 Å². The molecule has 26 heavy (non-hydrogen) atoms. The highest BCUT2D eigenvalue weighted by molar-refractivity contribution is 7.89. The average Bonchev–Trinajstić information content (AvgIpc) is 3.15. The fraction of sp³-hybridized carbons (Fsp3) is 0.438. The van der Waals surface area contributed by atoms with Gasteiger partial charge in [0.25, 0.3) is 0 Å². The Labute approximate surface area is 156 Å². The Morgan fingerprint density at radius 1 is 1.15 bits per heavy atom. The maximum Gasteiger partial charge on any atom is 0.225 e. The minimum atomic E-state index is -3.39. The van der Waals surface area contributed by atoms with E-state index in [1.807, 2.05) is 22.4 Å². The molecule has 3 rings (SSSR count). The number of hydrogen-bond donors (Lipinski definition) is 1. The molecule has 1 aliphatic heterocycles. The Hall–Kier alpha value is -2.04. The smallest absolute Gasteiger partial charge is 0.225 e. The van der Waals surface area contributed by atoms with E-state index in [2.05, 4.69) is 15.3 Å². The number of anilines is 1. The lowest BCUT2D eigenvalue weighted by molar-refractivity contribution is -0.120. The second kappa shape index (κ2) is 8.56.